The lowest BCUT2D eigenvalue weighted by molar-refractivity contribution is -0.122. The standard InChI is InChI=1S/C12H24N2O2.ClH/c1-10(2)16-7-5-12(15)14-9-11-4-3-6-13-8-11;/h10-11,13H,3-9H2,1-2H3,(H,14,15);1H. The van der Waals surface area contributed by atoms with E-state index in [9.17, 15) is 4.79 Å². The molecule has 1 saturated heterocycles. The second kappa shape index (κ2) is 9.68. The first-order valence-corrected chi connectivity index (χ1v) is 6.27. The van der Waals surface area contributed by atoms with Crippen LogP contribution in [-0.4, -0.2) is 38.3 Å². The number of hydrogen-bond donors (Lipinski definition) is 2. The molecule has 0 saturated carbocycles. The van der Waals surface area contributed by atoms with E-state index in [1.165, 1.54) is 12.8 Å². The van der Waals surface area contributed by atoms with E-state index < -0.39 is 0 Å². The average molecular weight is 265 g/mol. The lowest BCUT2D eigenvalue weighted by Gasteiger charge is -2.22. The maximum atomic E-state index is 11.5. The lowest BCUT2D eigenvalue weighted by Crippen LogP contribution is -2.38. The fourth-order valence-electron chi connectivity index (χ4n) is 1.83. The fourth-order valence-corrected chi connectivity index (χ4v) is 1.83. The first kappa shape index (κ1) is 16.7. The monoisotopic (exact) mass is 264 g/mol. The van der Waals surface area contributed by atoms with Crippen molar-refractivity contribution in [2.75, 3.05) is 26.2 Å². The maximum absolute atomic E-state index is 11.5. The molecule has 1 amide bonds. The molecule has 0 bridgehead atoms. The molecule has 1 fully saturated rings. The molecule has 1 unspecified atom stereocenters. The maximum Gasteiger partial charge on any atom is 0.222 e. The molecule has 1 heterocycles. The second-order valence-corrected chi connectivity index (χ2v) is 4.69. The Balaban J connectivity index is 0.00000256. The summed E-state index contributed by atoms with van der Waals surface area (Å²) < 4.78 is 5.33. The molecule has 0 aliphatic carbocycles. The molecule has 4 nitrogen and oxygen atoms in total. The van der Waals surface area contributed by atoms with E-state index in [0.29, 0.717) is 18.9 Å². The van der Waals surface area contributed by atoms with Gasteiger partial charge in [-0.1, -0.05) is 0 Å². The van der Waals surface area contributed by atoms with Gasteiger partial charge in [-0.3, -0.25) is 4.79 Å². The Hall–Kier alpha value is -0.320. The van der Waals surface area contributed by atoms with Crippen LogP contribution in [0.25, 0.3) is 0 Å². The highest BCUT2D eigenvalue weighted by molar-refractivity contribution is 5.85. The molecule has 0 aromatic rings. The van der Waals surface area contributed by atoms with Crippen LogP contribution in [0.1, 0.15) is 33.1 Å². The second-order valence-electron chi connectivity index (χ2n) is 4.69. The molecule has 1 rings (SSSR count). The van der Waals surface area contributed by atoms with E-state index in [1.54, 1.807) is 0 Å². The van der Waals surface area contributed by atoms with Crippen LogP contribution < -0.4 is 10.6 Å². The smallest absolute Gasteiger partial charge is 0.222 e. The van der Waals surface area contributed by atoms with Gasteiger partial charge in [0, 0.05) is 13.0 Å². The Labute approximate surface area is 110 Å². The van der Waals surface area contributed by atoms with Gasteiger partial charge in [0.2, 0.25) is 5.91 Å². The quantitative estimate of drug-likeness (QED) is 0.761. The van der Waals surface area contributed by atoms with Crippen LogP contribution in [0.5, 0.6) is 0 Å². The predicted molar refractivity (Wildman–Crippen MR) is 71.6 cm³/mol. The summed E-state index contributed by atoms with van der Waals surface area (Å²) in [6, 6.07) is 0. The zero-order valence-electron chi connectivity index (χ0n) is 10.8. The highest BCUT2D eigenvalue weighted by Gasteiger charge is 2.13. The van der Waals surface area contributed by atoms with Crippen molar-refractivity contribution in [3.05, 3.63) is 0 Å². The number of nitrogens with one attached hydrogen (secondary N) is 2. The molecule has 1 aliphatic rings. The van der Waals surface area contributed by atoms with Crippen molar-refractivity contribution < 1.29 is 9.53 Å². The van der Waals surface area contributed by atoms with Gasteiger partial charge in [0.25, 0.3) is 0 Å². The van der Waals surface area contributed by atoms with Crippen molar-refractivity contribution in [3.63, 3.8) is 0 Å². The minimum atomic E-state index is 0. The number of ether oxygens (including phenoxy) is 1. The van der Waals surface area contributed by atoms with Gasteiger partial charge in [-0.05, 0) is 45.7 Å². The van der Waals surface area contributed by atoms with Gasteiger partial charge in [-0.15, -0.1) is 12.4 Å². The molecule has 17 heavy (non-hydrogen) atoms. The minimum Gasteiger partial charge on any atom is -0.378 e. The molecule has 2 N–H and O–H groups in total. The number of piperidine rings is 1. The molecule has 0 aromatic carbocycles. The summed E-state index contributed by atoms with van der Waals surface area (Å²) in [4.78, 5) is 11.5. The number of amides is 1. The molecule has 1 atom stereocenters. The van der Waals surface area contributed by atoms with Crippen molar-refractivity contribution in [2.24, 2.45) is 5.92 Å². The molecule has 102 valence electrons. The van der Waals surface area contributed by atoms with Crippen molar-refractivity contribution in [3.8, 4) is 0 Å². The summed E-state index contributed by atoms with van der Waals surface area (Å²) in [6.07, 6.45) is 3.11. The summed E-state index contributed by atoms with van der Waals surface area (Å²) in [5.74, 6) is 0.704. The molecule has 0 spiro atoms. The zero-order chi connectivity index (χ0) is 11.8. The summed E-state index contributed by atoms with van der Waals surface area (Å²) in [5, 5.41) is 6.31. The number of halogens is 1. The van der Waals surface area contributed by atoms with E-state index in [4.69, 9.17) is 4.74 Å². The topological polar surface area (TPSA) is 50.4 Å². The summed E-state index contributed by atoms with van der Waals surface area (Å²) in [5.41, 5.74) is 0. The van der Waals surface area contributed by atoms with Crippen LogP contribution in [0.2, 0.25) is 0 Å². The van der Waals surface area contributed by atoms with Crippen LogP contribution in [0.3, 0.4) is 0 Å². The van der Waals surface area contributed by atoms with Gasteiger partial charge >= 0.3 is 0 Å². The SMILES string of the molecule is CC(C)OCCC(=O)NCC1CCCNC1.Cl. The van der Waals surface area contributed by atoms with Gasteiger partial charge in [-0.2, -0.15) is 0 Å². The van der Waals surface area contributed by atoms with Gasteiger partial charge < -0.3 is 15.4 Å². The third-order valence-corrected chi connectivity index (χ3v) is 2.77. The highest BCUT2D eigenvalue weighted by Crippen LogP contribution is 2.08. The van der Waals surface area contributed by atoms with Crippen LogP contribution in [-0.2, 0) is 9.53 Å². The van der Waals surface area contributed by atoms with Crippen LogP contribution >= 0.6 is 12.4 Å². The Morgan fingerprint density at radius 1 is 1.53 bits per heavy atom. The van der Waals surface area contributed by atoms with E-state index in [0.717, 1.165) is 19.6 Å². The predicted octanol–water partition coefficient (Wildman–Crippen LogP) is 1.34. The first-order valence-electron chi connectivity index (χ1n) is 6.27. The van der Waals surface area contributed by atoms with Gasteiger partial charge in [0.05, 0.1) is 12.7 Å². The minimum absolute atomic E-state index is 0. The van der Waals surface area contributed by atoms with Crippen molar-refractivity contribution in [1.82, 2.24) is 10.6 Å². The van der Waals surface area contributed by atoms with Crippen molar-refractivity contribution in [2.45, 2.75) is 39.2 Å². The van der Waals surface area contributed by atoms with E-state index in [-0.39, 0.29) is 24.4 Å². The van der Waals surface area contributed by atoms with Crippen molar-refractivity contribution in [1.29, 1.82) is 0 Å². The third kappa shape index (κ3) is 8.41. The molecular weight excluding hydrogens is 240 g/mol. The van der Waals surface area contributed by atoms with Gasteiger partial charge in [0.15, 0.2) is 0 Å². The molecule has 1 aliphatic heterocycles. The van der Waals surface area contributed by atoms with E-state index in [1.807, 2.05) is 13.8 Å². The van der Waals surface area contributed by atoms with Crippen LogP contribution in [0.15, 0.2) is 0 Å². The Morgan fingerprint density at radius 2 is 2.29 bits per heavy atom. The van der Waals surface area contributed by atoms with Crippen LogP contribution in [0.4, 0.5) is 0 Å². The first-order chi connectivity index (χ1) is 7.68. The van der Waals surface area contributed by atoms with E-state index >= 15 is 0 Å². The number of rotatable bonds is 6. The Morgan fingerprint density at radius 3 is 2.88 bits per heavy atom. The molecule has 0 radical (unpaired) electrons. The highest BCUT2D eigenvalue weighted by atomic mass is 35.5. The molecule has 5 heteroatoms. The third-order valence-electron chi connectivity index (χ3n) is 2.77. The number of carbonyl (C=O) groups excluding carboxylic acids is 1. The summed E-state index contributed by atoms with van der Waals surface area (Å²) >= 11 is 0. The lowest BCUT2D eigenvalue weighted by atomic mass is 10.00. The Kier molecular flexibility index (Phi) is 9.50. The number of hydrogen-bond acceptors (Lipinski definition) is 3. The molecular formula is C12H25ClN2O2. The number of carbonyl (C=O) groups is 1. The average Bonchev–Trinajstić information content (AvgIpc) is 2.27. The summed E-state index contributed by atoms with van der Waals surface area (Å²) in [6.45, 7) is 7.42. The molecule has 0 aromatic heterocycles. The Bertz CT molecular complexity index is 207. The van der Waals surface area contributed by atoms with Crippen molar-refractivity contribution >= 4 is 18.3 Å². The zero-order valence-corrected chi connectivity index (χ0v) is 11.6. The summed E-state index contributed by atoms with van der Waals surface area (Å²) in [7, 11) is 0. The van der Waals surface area contributed by atoms with Gasteiger partial charge in [0.1, 0.15) is 0 Å². The largest absolute Gasteiger partial charge is 0.378 e. The normalized spacial score (nSPS) is 19.8. The van der Waals surface area contributed by atoms with E-state index in [2.05, 4.69) is 10.6 Å². The van der Waals surface area contributed by atoms with Gasteiger partial charge in [-0.25, -0.2) is 0 Å². The fraction of sp³-hybridized carbons (Fsp3) is 0.917. The van der Waals surface area contributed by atoms with Crippen LogP contribution in [0, 0.1) is 5.92 Å².